The lowest BCUT2D eigenvalue weighted by Crippen LogP contribution is -2.29. The Labute approximate surface area is 149 Å². The van der Waals surface area contributed by atoms with Crippen LogP contribution >= 0.6 is 11.3 Å². The van der Waals surface area contributed by atoms with Gasteiger partial charge in [-0.1, -0.05) is 29.4 Å². The Balaban J connectivity index is 1.87. The molecule has 1 aromatic carbocycles. The van der Waals surface area contributed by atoms with E-state index in [9.17, 15) is 9.18 Å². The normalized spacial score (nSPS) is 15.2. The summed E-state index contributed by atoms with van der Waals surface area (Å²) in [6, 6.07) is 9.42. The zero-order valence-electron chi connectivity index (χ0n) is 13.0. The Morgan fingerprint density at radius 3 is 2.88 bits per heavy atom. The number of hydrogen-bond donors (Lipinski definition) is 2. The van der Waals surface area contributed by atoms with Gasteiger partial charge in [0.2, 0.25) is 5.95 Å². The van der Waals surface area contributed by atoms with Crippen molar-refractivity contribution in [2.45, 2.75) is 6.04 Å². The number of aromatic amines is 1. The Kier molecular flexibility index (Phi) is 3.19. The van der Waals surface area contributed by atoms with E-state index >= 15 is 0 Å². The molecular formula is C16H10FN7OS. The number of H-pyrrole nitrogens is 1. The summed E-state index contributed by atoms with van der Waals surface area (Å²) in [6.45, 7) is 0. The number of tetrazole rings is 1. The molecule has 5 rings (SSSR count). The summed E-state index contributed by atoms with van der Waals surface area (Å²) in [5, 5.41) is 23.1. The van der Waals surface area contributed by atoms with Gasteiger partial charge in [0.15, 0.2) is 0 Å². The molecule has 1 atom stereocenters. The molecule has 8 nitrogen and oxygen atoms in total. The van der Waals surface area contributed by atoms with E-state index < -0.39 is 17.4 Å². The molecule has 4 aromatic rings. The van der Waals surface area contributed by atoms with Gasteiger partial charge in [-0.05, 0) is 27.9 Å². The zero-order valence-corrected chi connectivity index (χ0v) is 13.9. The highest BCUT2D eigenvalue weighted by molar-refractivity contribution is 7.13. The molecule has 0 spiro atoms. The molecule has 2 N–H and O–H groups in total. The number of benzene rings is 1. The van der Waals surface area contributed by atoms with Crippen molar-refractivity contribution < 1.29 is 4.39 Å². The smallest absolute Gasteiger partial charge is 0.288 e. The van der Waals surface area contributed by atoms with Crippen LogP contribution in [0, 0.1) is 5.82 Å². The number of aromatic nitrogens is 6. The maximum absolute atomic E-state index is 14.6. The second-order valence-corrected chi connectivity index (χ2v) is 6.61. The summed E-state index contributed by atoms with van der Waals surface area (Å²) >= 11 is 1.47. The predicted octanol–water partition coefficient (Wildman–Crippen LogP) is 2.32. The summed E-state index contributed by atoms with van der Waals surface area (Å²) < 4.78 is 16.1. The van der Waals surface area contributed by atoms with Crippen molar-refractivity contribution in [3.63, 3.8) is 0 Å². The number of halogens is 1. The standard InChI is InChI=1S/C16H10FN7OS/c17-9-5-2-1-4-8(9)14-11-12(10-6-3-7-26-10)19-20-15(25)13(11)18-16-21-22-23-24(14)16/h1-7,14H,(H,20,25)(H,18,21,23)/t14-/m1/s1. The Morgan fingerprint density at radius 1 is 1.19 bits per heavy atom. The highest BCUT2D eigenvalue weighted by atomic mass is 32.1. The zero-order chi connectivity index (χ0) is 17.7. The number of nitrogens with zero attached hydrogens (tertiary/aromatic N) is 5. The number of anilines is 2. The lowest BCUT2D eigenvalue weighted by Gasteiger charge is -2.27. The molecule has 0 bridgehead atoms. The van der Waals surface area contributed by atoms with E-state index in [-0.39, 0.29) is 11.6 Å². The molecule has 0 aliphatic carbocycles. The lowest BCUT2D eigenvalue weighted by molar-refractivity contribution is 0.528. The van der Waals surface area contributed by atoms with Gasteiger partial charge in [0.1, 0.15) is 23.2 Å². The van der Waals surface area contributed by atoms with Crippen LogP contribution in [0.2, 0.25) is 0 Å². The molecule has 26 heavy (non-hydrogen) atoms. The first-order valence-electron chi connectivity index (χ1n) is 7.70. The third kappa shape index (κ3) is 2.09. The van der Waals surface area contributed by atoms with Crippen LogP contribution in [0.3, 0.4) is 0 Å². The molecule has 0 radical (unpaired) electrons. The van der Waals surface area contributed by atoms with Gasteiger partial charge in [0.25, 0.3) is 5.56 Å². The largest absolute Gasteiger partial charge is 0.318 e. The second kappa shape index (κ2) is 5.56. The molecule has 1 aliphatic heterocycles. The molecule has 4 heterocycles. The predicted molar refractivity (Wildman–Crippen MR) is 92.9 cm³/mol. The van der Waals surface area contributed by atoms with Crippen LogP contribution in [-0.2, 0) is 0 Å². The van der Waals surface area contributed by atoms with Gasteiger partial charge in [-0.15, -0.1) is 11.3 Å². The van der Waals surface area contributed by atoms with E-state index in [4.69, 9.17) is 0 Å². The Hall–Kier alpha value is -3.40. The van der Waals surface area contributed by atoms with Crippen molar-refractivity contribution in [3.05, 3.63) is 69.1 Å². The number of nitrogens with one attached hydrogen (secondary N) is 2. The van der Waals surface area contributed by atoms with Gasteiger partial charge in [-0.3, -0.25) is 4.79 Å². The SMILES string of the molecule is O=c1[nH]nc(-c2cccs2)c2c1Nc1nnnn1[C@@H]2c1ccccc1F. The third-order valence-corrected chi connectivity index (χ3v) is 5.10. The minimum absolute atomic E-state index is 0.263. The third-order valence-electron chi connectivity index (χ3n) is 4.22. The van der Waals surface area contributed by atoms with Crippen LogP contribution < -0.4 is 10.9 Å². The molecule has 0 fully saturated rings. The quantitative estimate of drug-likeness (QED) is 0.497. The number of fused-ring (bicyclic) bond motifs is 2. The number of rotatable bonds is 2. The van der Waals surface area contributed by atoms with Crippen molar-refractivity contribution in [2.75, 3.05) is 5.32 Å². The van der Waals surface area contributed by atoms with Crippen molar-refractivity contribution in [1.82, 2.24) is 30.4 Å². The molecule has 10 heteroatoms. The van der Waals surface area contributed by atoms with E-state index in [0.29, 0.717) is 16.8 Å². The van der Waals surface area contributed by atoms with Gasteiger partial charge in [0.05, 0.1) is 4.88 Å². The van der Waals surface area contributed by atoms with Gasteiger partial charge in [-0.25, -0.2) is 9.49 Å². The minimum Gasteiger partial charge on any atom is -0.318 e. The Bertz CT molecular complexity index is 1170. The maximum atomic E-state index is 14.6. The van der Waals surface area contributed by atoms with E-state index in [1.807, 2.05) is 17.5 Å². The van der Waals surface area contributed by atoms with Gasteiger partial charge in [-0.2, -0.15) is 9.78 Å². The summed E-state index contributed by atoms with van der Waals surface area (Å²) in [5.41, 5.74) is 1.28. The fourth-order valence-corrected chi connectivity index (χ4v) is 3.85. The van der Waals surface area contributed by atoms with Crippen LogP contribution in [-0.4, -0.2) is 30.4 Å². The maximum Gasteiger partial charge on any atom is 0.288 e. The fraction of sp³-hybridized carbons (Fsp3) is 0.0625. The first-order chi connectivity index (χ1) is 12.7. The minimum atomic E-state index is -0.718. The van der Waals surface area contributed by atoms with E-state index in [2.05, 4.69) is 31.0 Å². The van der Waals surface area contributed by atoms with Crippen LogP contribution in [0.25, 0.3) is 10.6 Å². The molecule has 0 unspecified atom stereocenters. The first kappa shape index (κ1) is 14.9. The fourth-order valence-electron chi connectivity index (χ4n) is 3.12. The molecule has 0 amide bonds. The van der Waals surface area contributed by atoms with E-state index in [1.165, 1.54) is 22.1 Å². The first-order valence-corrected chi connectivity index (χ1v) is 8.58. The molecule has 128 valence electrons. The summed E-state index contributed by atoms with van der Waals surface area (Å²) in [4.78, 5) is 13.3. The van der Waals surface area contributed by atoms with Crippen LogP contribution in [0.5, 0.6) is 0 Å². The van der Waals surface area contributed by atoms with Crippen LogP contribution in [0.4, 0.5) is 16.0 Å². The van der Waals surface area contributed by atoms with Crippen molar-refractivity contribution in [1.29, 1.82) is 0 Å². The average Bonchev–Trinajstić information content (AvgIpc) is 3.33. The van der Waals surface area contributed by atoms with Crippen LogP contribution in [0.1, 0.15) is 17.2 Å². The highest BCUT2D eigenvalue weighted by Crippen LogP contribution is 2.42. The highest BCUT2D eigenvalue weighted by Gasteiger charge is 2.35. The van der Waals surface area contributed by atoms with E-state index in [0.717, 1.165) is 4.88 Å². The molecule has 1 aliphatic rings. The molecular weight excluding hydrogens is 357 g/mol. The van der Waals surface area contributed by atoms with Gasteiger partial charge in [0, 0.05) is 11.1 Å². The van der Waals surface area contributed by atoms with Crippen molar-refractivity contribution in [3.8, 4) is 10.6 Å². The number of hydrogen-bond acceptors (Lipinski definition) is 7. The monoisotopic (exact) mass is 367 g/mol. The van der Waals surface area contributed by atoms with Crippen molar-refractivity contribution >= 4 is 23.0 Å². The second-order valence-electron chi connectivity index (χ2n) is 5.66. The molecule has 3 aromatic heterocycles. The molecule has 0 saturated heterocycles. The summed E-state index contributed by atoms with van der Waals surface area (Å²) in [7, 11) is 0. The summed E-state index contributed by atoms with van der Waals surface area (Å²) in [6.07, 6.45) is 0. The Morgan fingerprint density at radius 2 is 2.08 bits per heavy atom. The topological polar surface area (TPSA) is 101 Å². The van der Waals surface area contributed by atoms with Gasteiger partial charge < -0.3 is 5.32 Å². The van der Waals surface area contributed by atoms with Gasteiger partial charge >= 0.3 is 0 Å². The molecule has 0 saturated carbocycles. The van der Waals surface area contributed by atoms with Crippen molar-refractivity contribution in [2.24, 2.45) is 0 Å². The lowest BCUT2D eigenvalue weighted by atomic mass is 9.94. The summed E-state index contributed by atoms with van der Waals surface area (Å²) in [5.74, 6) is -0.149. The van der Waals surface area contributed by atoms with Crippen LogP contribution in [0.15, 0.2) is 46.6 Å². The van der Waals surface area contributed by atoms with E-state index in [1.54, 1.807) is 18.2 Å². The average molecular weight is 367 g/mol. The number of thiophene rings is 1.